The van der Waals surface area contributed by atoms with Gasteiger partial charge >= 0.3 is 0 Å². The Morgan fingerprint density at radius 2 is 1.67 bits per heavy atom. The van der Waals surface area contributed by atoms with Gasteiger partial charge in [-0.15, -0.1) is 0 Å². The lowest BCUT2D eigenvalue weighted by molar-refractivity contribution is 0.0952. The average Bonchev–Trinajstić information content (AvgIpc) is 3.00. The number of benzene rings is 2. The van der Waals surface area contributed by atoms with Gasteiger partial charge in [-0.3, -0.25) is 9.59 Å². The maximum absolute atomic E-state index is 12.6. The number of carbonyl (C=O) groups excluding carboxylic acids is 2. The highest BCUT2D eigenvalue weighted by molar-refractivity contribution is 6.09. The van der Waals surface area contributed by atoms with Crippen LogP contribution >= 0.6 is 0 Å². The Hall–Kier alpha value is -3.41. The summed E-state index contributed by atoms with van der Waals surface area (Å²) >= 11 is 0. The quantitative estimate of drug-likeness (QED) is 0.722. The first-order valence-corrected chi connectivity index (χ1v) is 8.62. The summed E-state index contributed by atoms with van der Waals surface area (Å²) in [6, 6.07) is 14.8. The van der Waals surface area contributed by atoms with Crippen LogP contribution in [0.4, 0.5) is 5.69 Å². The molecule has 0 saturated heterocycles. The predicted octanol–water partition coefficient (Wildman–Crippen LogP) is 3.78. The molecule has 27 heavy (non-hydrogen) atoms. The first-order chi connectivity index (χ1) is 13.0. The van der Waals surface area contributed by atoms with Gasteiger partial charge in [0.05, 0.1) is 16.9 Å². The second kappa shape index (κ2) is 7.86. The zero-order valence-corrected chi connectivity index (χ0v) is 15.5. The number of aromatic nitrogens is 1. The molecule has 6 nitrogen and oxygen atoms in total. The van der Waals surface area contributed by atoms with E-state index in [2.05, 4.69) is 15.8 Å². The molecular formula is C21H21N3O3. The highest BCUT2D eigenvalue weighted by Gasteiger charge is 2.19. The largest absolute Gasteiger partial charge is 0.361 e. The van der Waals surface area contributed by atoms with Crippen molar-refractivity contribution in [2.45, 2.75) is 27.3 Å². The number of amides is 2. The van der Waals surface area contributed by atoms with Crippen LogP contribution in [0.1, 0.15) is 43.3 Å². The Bertz CT molecular complexity index is 955. The minimum atomic E-state index is -0.356. The number of rotatable bonds is 5. The third-order valence-electron chi connectivity index (χ3n) is 4.25. The van der Waals surface area contributed by atoms with E-state index in [1.165, 1.54) is 0 Å². The summed E-state index contributed by atoms with van der Waals surface area (Å²) in [6.07, 6.45) is 0. The summed E-state index contributed by atoms with van der Waals surface area (Å²) in [5.74, 6) is -0.179. The summed E-state index contributed by atoms with van der Waals surface area (Å²) in [7, 11) is 0. The van der Waals surface area contributed by atoms with E-state index < -0.39 is 0 Å². The topological polar surface area (TPSA) is 84.2 Å². The first kappa shape index (κ1) is 18.4. The smallest absolute Gasteiger partial charge is 0.261 e. The molecule has 2 N–H and O–H groups in total. The van der Waals surface area contributed by atoms with Crippen LogP contribution in [0, 0.1) is 20.8 Å². The summed E-state index contributed by atoms with van der Waals surface area (Å²) in [4.78, 5) is 25.2. The average molecular weight is 363 g/mol. The van der Waals surface area contributed by atoms with Crippen molar-refractivity contribution in [3.8, 4) is 0 Å². The fourth-order valence-electron chi connectivity index (χ4n) is 2.77. The van der Waals surface area contributed by atoms with E-state index in [-0.39, 0.29) is 11.8 Å². The minimum absolute atomic E-state index is 0.259. The number of aryl methyl sites for hydroxylation is 3. The van der Waals surface area contributed by atoms with Crippen LogP contribution in [0.5, 0.6) is 0 Å². The number of hydrogen-bond acceptors (Lipinski definition) is 4. The Morgan fingerprint density at radius 1 is 0.963 bits per heavy atom. The van der Waals surface area contributed by atoms with Crippen LogP contribution in [0.3, 0.4) is 0 Å². The standard InChI is InChI=1S/C21H21N3O3/c1-13-8-10-16(11-9-13)12-22-20(25)17-6-4-5-7-18(17)23-21(26)19-14(2)24-27-15(19)3/h4-11H,12H2,1-3H3,(H,22,25)(H,23,26). The molecule has 0 atom stereocenters. The zero-order chi connectivity index (χ0) is 19.4. The maximum atomic E-state index is 12.6. The lowest BCUT2D eigenvalue weighted by Gasteiger charge is -2.11. The molecule has 0 aliphatic heterocycles. The number of hydrogen-bond donors (Lipinski definition) is 2. The highest BCUT2D eigenvalue weighted by atomic mass is 16.5. The van der Waals surface area contributed by atoms with Crippen molar-refractivity contribution >= 4 is 17.5 Å². The van der Waals surface area contributed by atoms with E-state index in [4.69, 9.17) is 4.52 Å². The molecule has 2 amide bonds. The molecule has 0 saturated carbocycles. The van der Waals surface area contributed by atoms with Crippen molar-refractivity contribution < 1.29 is 14.1 Å². The van der Waals surface area contributed by atoms with E-state index in [0.29, 0.717) is 34.8 Å². The van der Waals surface area contributed by atoms with Crippen molar-refractivity contribution in [3.63, 3.8) is 0 Å². The van der Waals surface area contributed by atoms with E-state index in [1.54, 1.807) is 38.1 Å². The van der Waals surface area contributed by atoms with Gasteiger partial charge < -0.3 is 15.2 Å². The molecule has 1 aromatic heterocycles. The number of anilines is 1. The van der Waals surface area contributed by atoms with E-state index in [0.717, 1.165) is 11.1 Å². The van der Waals surface area contributed by atoms with Crippen molar-refractivity contribution in [3.05, 3.63) is 82.2 Å². The fourth-order valence-corrected chi connectivity index (χ4v) is 2.77. The Balaban J connectivity index is 1.74. The molecule has 6 heteroatoms. The Morgan fingerprint density at radius 3 is 2.33 bits per heavy atom. The number of nitrogens with zero attached hydrogens (tertiary/aromatic N) is 1. The van der Waals surface area contributed by atoms with Crippen LogP contribution in [0.2, 0.25) is 0 Å². The molecule has 0 aliphatic carbocycles. The van der Waals surface area contributed by atoms with Crippen LogP contribution < -0.4 is 10.6 Å². The molecule has 0 bridgehead atoms. The van der Waals surface area contributed by atoms with Gasteiger partial charge in [0.1, 0.15) is 11.3 Å². The number of para-hydroxylation sites is 1. The van der Waals surface area contributed by atoms with E-state index in [1.807, 2.05) is 31.2 Å². The van der Waals surface area contributed by atoms with Crippen LogP contribution in [-0.4, -0.2) is 17.0 Å². The summed E-state index contributed by atoms with van der Waals surface area (Å²) in [6.45, 7) is 5.80. The monoisotopic (exact) mass is 363 g/mol. The summed E-state index contributed by atoms with van der Waals surface area (Å²) in [5, 5.41) is 9.46. The second-order valence-electron chi connectivity index (χ2n) is 6.37. The van der Waals surface area contributed by atoms with Crippen molar-refractivity contribution in [2.24, 2.45) is 0 Å². The van der Waals surface area contributed by atoms with Gasteiger partial charge in [-0.05, 0) is 38.5 Å². The highest BCUT2D eigenvalue weighted by Crippen LogP contribution is 2.19. The normalized spacial score (nSPS) is 10.5. The summed E-state index contributed by atoms with van der Waals surface area (Å²) < 4.78 is 5.04. The third-order valence-corrected chi connectivity index (χ3v) is 4.25. The van der Waals surface area contributed by atoms with Crippen molar-refractivity contribution in [1.82, 2.24) is 10.5 Å². The second-order valence-corrected chi connectivity index (χ2v) is 6.37. The van der Waals surface area contributed by atoms with Crippen LogP contribution in [-0.2, 0) is 6.54 Å². The number of nitrogens with one attached hydrogen (secondary N) is 2. The van der Waals surface area contributed by atoms with Gasteiger partial charge in [0.2, 0.25) is 0 Å². The minimum Gasteiger partial charge on any atom is -0.361 e. The number of carbonyl (C=O) groups is 2. The van der Waals surface area contributed by atoms with Gasteiger partial charge in [0.15, 0.2) is 0 Å². The molecule has 0 fully saturated rings. The van der Waals surface area contributed by atoms with Crippen LogP contribution in [0.15, 0.2) is 53.1 Å². The molecule has 0 radical (unpaired) electrons. The molecule has 3 aromatic rings. The fraction of sp³-hybridized carbons (Fsp3) is 0.190. The molecule has 138 valence electrons. The van der Waals surface area contributed by atoms with Gasteiger partial charge in [-0.1, -0.05) is 47.1 Å². The first-order valence-electron chi connectivity index (χ1n) is 8.62. The zero-order valence-electron chi connectivity index (χ0n) is 15.5. The molecule has 0 spiro atoms. The molecule has 0 aliphatic rings. The molecular weight excluding hydrogens is 342 g/mol. The SMILES string of the molecule is Cc1ccc(CNC(=O)c2ccccc2NC(=O)c2c(C)noc2C)cc1. The lowest BCUT2D eigenvalue weighted by atomic mass is 10.1. The Labute approximate surface area is 157 Å². The molecule has 1 heterocycles. The van der Waals surface area contributed by atoms with Gasteiger partial charge in [0, 0.05) is 6.54 Å². The molecule has 2 aromatic carbocycles. The van der Waals surface area contributed by atoms with Crippen molar-refractivity contribution in [2.75, 3.05) is 5.32 Å². The molecule has 0 unspecified atom stereocenters. The predicted molar refractivity (Wildman–Crippen MR) is 103 cm³/mol. The lowest BCUT2D eigenvalue weighted by Crippen LogP contribution is -2.25. The molecule has 3 rings (SSSR count). The van der Waals surface area contributed by atoms with E-state index >= 15 is 0 Å². The third kappa shape index (κ3) is 4.23. The van der Waals surface area contributed by atoms with Crippen molar-refractivity contribution in [1.29, 1.82) is 0 Å². The van der Waals surface area contributed by atoms with E-state index in [9.17, 15) is 9.59 Å². The van der Waals surface area contributed by atoms with Gasteiger partial charge in [-0.2, -0.15) is 0 Å². The van der Waals surface area contributed by atoms with Gasteiger partial charge in [0.25, 0.3) is 11.8 Å². The van der Waals surface area contributed by atoms with Crippen LogP contribution in [0.25, 0.3) is 0 Å². The summed E-state index contributed by atoms with van der Waals surface area (Å²) in [5.41, 5.74) is 3.88. The Kier molecular flexibility index (Phi) is 5.35. The maximum Gasteiger partial charge on any atom is 0.261 e. The van der Waals surface area contributed by atoms with Gasteiger partial charge in [-0.25, -0.2) is 0 Å².